The maximum atomic E-state index is 13.5. The highest BCUT2D eigenvalue weighted by Crippen LogP contribution is 2.35. The molecule has 1 aliphatic heterocycles. The average molecular weight is 541 g/mol. The fourth-order valence-corrected chi connectivity index (χ4v) is 5.13. The first-order valence-electron chi connectivity index (χ1n) is 12.7. The van der Waals surface area contributed by atoms with E-state index in [9.17, 15) is 22.8 Å². The van der Waals surface area contributed by atoms with E-state index in [1.807, 2.05) is 28.8 Å². The zero-order valence-corrected chi connectivity index (χ0v) is 21.1. The van der Waals surface area contributed by atoms with Crippen molar-refractivity contribution in [1.29, 1.82) is 0 Å². The van der Waals surface area contributed by atoms with Gasteiger partial charge in [0, 0.05) is 34.6 Å². The van der Waals surface area contributed by atoms with E-state index in [2.05, 4.69) is 15.6 Å². The number of hydrogen-bond acceptors (Lipinski definition) is 4. The summed E-state index contributed by atoms with van der Waals surface area (Å²) >= 11 is 0. The normalized spacial score (nSPS) is 14.6. The van der Waals surface area contributed by atoms with E-state index in [-0.39, 0.29) is 22.9 Å². The summed E-state index contributed by atoms with van der Waals surface area (Å²) in [7, 11) is 0. The molecular formula is C31H23F3N4O2. The Labute approximate surface area is 227 Å². The molecule has 9 heteroatoms. The molecule has 0 radical (unpaired) electrons. The smallest absolute Gasteiger partial charge is 0.355 e. The second-order valence-corrected chi connectivity index (χ2v) is 9.60. The van der Waals surface area contributed by atoms with Crippen molar-refractivity contribution in [2.24, 2.45) is 0 Å². The minimum Gasteiger partial charge on any atom is -0.355 e. The van der Waals surface area contributed by atoms with Gasteiger partial charge in [-0.2, -0.15) is 13.2 Å². The van der Waals surface area contributed by atoms with E-state index in [1.54, 1.807) is 60.7 Å². The largest absolute Gasteiger partial charge is 0.433 e. The van der Waals surface area contributed by atoms with Crippen molar-refractivity contribution in [3.63, 3.8) is 0 Å². The van der Waals surface area contributed by atoms with Crippen molar-refractivity contribution in [3.05, 3.63) is 120 Å². The molecule has 1 atom stereocenters. The Morgan fingerprint density at radius 3 is 2.40 bits per heavy atom. The number of halogens is 3. The fourth-order valence-electron chi connectivity index (χ4n) is 5.13. The highest BCUT2D eigenvalue weighted by molar-refractivity contribution is 6.08. The molecule has 3 heterocycles. The molecule has 2 aromatic heterocycles. The zero-order chi connectivity index (χ0) is 27.9. The number of fused-ring (bicyclic) bond motifs is 2. The number of benzene rings is 3. The standard InChI is InChI=1S/C31H23F3N4O2/c32-31(33,34)28-18-25(22-11-4-5-12-24(22)37-28)35-20-9-6-10-21(17-20)36-30(40)23-15-16-38-26(23)13-14-27(38)29(39)19-7-2-1-3-8-19/h1-14,17-18,23H,15-16H2,(H,35,37)(H,36,40). The molecule has 0 saturated carbocycles. The lowest BCUT2D eigenvalue weighted by Crippen LogP contribution is -2.19. The van der Waals surface area contributed by atoms with Gasteiger partial charge in [-0.3, -0.25) is 9.59 Å². The molecule has 1 aliphatic rings. The second-order valence-electron chi connectivity index (χ2n) is 9.60. The SMILES string of the molecule is O=C(c1ccccc1)c1ccc2n1CCC2C(=O)Nc1cccc(Nc2cc(C(F)(F)F)nc3ccccc23)c1. The van der Waals surface area contributed by atoms with Gasteiger partial charge in [-0.25, -0.2) is 4.98 Å². The van der Waals surface area contributed by atoms with E-state index in [0.717, 1.165) is 11.8 Å². The van der Waals surface area contributed by atoms with Gasteiger partial charge in [0.2, 0.25) is 11.7 Å². The number of alkyl halides is 3. The van der Waals surface area contributed by atoms with Gasteiger partial charge in [0.15, 0.2) is 0 Å². The van der Waals surface area contributed by atoms with Crippen molar-refractivity contribution >= 4 is 39.7 Å². The lowest BCUT2D eigenvalue weighted by Gasteiger charge is -2.15. The number of rotatable bonds is 6. The first-order valence-corrected chi connectivity index (χ1v) is 12.7. The number of amides is 1. The number of nitrogens with one attached hydrogen (secondary N) is 2. The van der Waals surface area contributed by atoms with Crippen molar-refractivity contribution in [3.8, 4) is 0 Å². The van der Waals surface area contributed by atoms with Gasteiger partial charge in [-0.05, 0) is 48.9 Å². The Morgan fingerprint density at radius 2 is 1.60 bits per heavy atom. The Hall–Kier alpha value is -4.92. The topological polar surface area (TPSA) is 76.0 Å². The van der Waals surface area contributed by atoms with E-state index < -0.39 is 17.8 Å². The molecule has 200 valence electrons. The lowest BCUT2D eigenvalue weighted by molar-refractivity contribution is -0.140. The van der Waals surface area contributed by atoms with Crippen LogP contribution in [-0.2, 0) is 17.5 Å². The van der Waals surface area contributed by atoms with Gasteiger partial charge in [0.05, 0.1) is 22.8 Å². The van der Waals surface area contributed by atoms with Crippen LogP contribution in [0.5, 0.6) is 0 Å². The van der Waals surface area contributed by atoms with Crippen LogP contribution in [0, 0.1) is 0 Å². The average Bonchev–Trinajstić information content (AvgIpc) is 3.55. The number of hydrogen-bond donors (Lipinski definition) is 2. The van der Waals surface area contributed by atoms with Gasteiger partial charge in [0.25, 0.3) is 0 Å². The number of aromatic nitrogens is 2. The predicted molar refractivity (Wildman–Crippen MR) is 147 cm³/mol. The van der Waals surface area contributed by atoms with Crippen LogP contribution in [0.15, 0.2) is 97.1 Å². The minimum absolute atomic E-state index is 0.0935. The summed E-state index contributed by atoms with van der Waals surface area (Å²) < 4.78 is 42.3. The van der Waals surface area contributed by atoms with Crippen LogP contribution in [-0.4, -0.2) is 21.2 Å². The van der Waals surface area contributed by atoms with Gasteiger partial charge in [0.1, 0.15) is 5.69 Å². The first-order chi connectivity index (χ1) is 19.3. The molecular weight excluding hydrogens is 517 g/mol. The molecule has 0 spiro atoms. The van der Waals surface area contributed by atoms with E-state index in [4.69, 9.17) is 0 Å². The van der Waals surface area contributed by atoms with Gasteiger partial charge in [-0.15, -0.1) is 0 Å². The molecule has 40 heavy (non-hydrogen) atoms. The molecule has 0 aliphatic carbocycles. The summed E-state index contributed by atoms with van der Waals surface area (Å²) in [5.74, 6) is -0.752. The van der Waals surface area contributed by atoms with E-state index >= 15 is 0 Å². The van der Waals surface area contributed by atoms with Gasteiger partial charge >= 0.3 is 6.18 Å². The number of pyridine rings is 1. The molecule has 5 aromatic rings. The maximum Gasteiger partial charge on any atom is 0.433 e. The van der Waals surface area contributed by atoms with Crippen LogP contribution in [0.25, 0.3) is 10.9 Å². The molecule has 1 amide bonds. The van der Waals surface area contributed by atoms with Crippen molar-refractivity contribution in [2.45, 2.75) is 25.1 Å². The summed E-state index contributed by atoms with van der Waals surface area (Å²) in [4.78, 5) is 30.0. The fraction of sp³-hybridized carbons (Fsp3) is 0.129. The zero-order valence-electron chi connectivity index (χ0n) is 21.1. The third kappa shape index (κ3) is 4.82. The molecule has 2 N–H and O–H groups in total. The van der Waals surface area contributed by atoms with Crippen LogP contribution in [0.4, 0.5) is 30.2 Å². The van der Waals surface area contributed by atoms with Crippen molar-refractivity contribution in [1.82, 2.24) is 9.55 Å². The second kappa shape index (κ2) is 10.00. The predicted octanol–water partition coefficient (Wildman–Crippen LogP) is 7.16. The number of anilines is 3. The maximum absolute atomic E-state index is 13.5. The Morgan fingerprint density at radius 1 is 0.850 bits per heavy atom. The number of nitrogens with zero attached hydrogens (tertiary/aromatic N) is 2. The van der Waals surface area contributed by atoms with Crippen LogP contribution < -0.4 is 10.6 Å². The number of carbonyl (C=O) groups excluding carboxylic acids is 2. The van der Waals surface area contributed by atoms with E-state index in [1.165, 1.54) is 6.07 Å². The summed E-state index contributed by atoms with van der Waals surface area (Å²) in [6.45, 7) is 0.548. The molecule has 1 unspecified atom stereocenters. The monoisotopic (exact) mass is 540 g/mol. The molecule has 6 nitrogen and oxygen atoms in total. The highest BCUT2D eigenvalue weighted by atomic mass is 19.4. The molecule has 6 rings (SSSR count). The molecule has 0 saturated heterocycles. The third-order valence-corrected chi connectivity index (χ3v) is 7.01. The van der Waals surface area contributed by atoms with Gasteiger partial charge < -0.3 is 15.2 Å². The van der Waals surface area contributed by atoms with E-state index in [0.29, 0.717) is 41.0 Å². The summed E-state index contributed by atoms with van der Waals surface area (Å²) in [5, 5.41) is 6.52. The Bertz CT molecular complexity index is 1750. The lowest BCUT2D eigenvalue weighted by atomic mass is 10.0. The summed E-state index contributed by atoms with van der Waals surface area (Å²) in [6.07, 6.45) is -4.04. The quantitative estimate of drug-likeness (QED) is 0.224. The number of para-hydroxylation sites is 1. The molecule has 3 aromatic carbocycles. The van der Waals surface area contributed by atoms with Crippen LogP contribution >= 0.6 is 0 Å². The van der Waals surface area contributed by atoms with Gasteiger partial charge in [-0.1, -0.05) is 54.6 Å². The summed E-state index contributed by atoms with van der Waals surface area (Å²) in [5.41, 5.74) is 2.39. The highest BCUT2D eigenvalue weighted by Gasteiger charge is 2.34. The van der Waals surface area contributed by atoms with Crippen LogP contribution in [0.1, 0.15) is 39.8 Å². The molecule has 0 bridgehead atoms. The van der Waals surface area contributed by atoms with Crippen molar-refractivity contribution in [2.75, 3.05) is 10.6 Å². The number of carbonyl (C=O) groups is 2. The van der Waals surface area contributed by atoms with Crippen LogP contribution in [0.2, 0.25) is 0 Å². The van der Waals surface area contributed by atoms with Crippen LogP contribution in [0.3, 0.4) is 0 Å². The Balaban J connectivity index is 1.21. The Kier molecular flexibility index (Phi) is 6.34. The molecule has 0 fully saturated rings. The minimum atomic E-state index is -4.60. The first kappa shape index (κ1) is 25.4. The number of ketones is 1. The third-order valence-electron chi connectivity index (χ3n) is 7.01. The van der Waals surface area contributed by atoms with Crippen molar-refractivity contribution < 1.29 is 22.8 Å². The summed E-state index contributed by atoms with van der Waals surface area (Å²) in [6, 6.07) is 26.9.